The molecular weight excluding hydrogens is 208 g/mol. The van der Waals surface area contributed by atoms with E-state index >= 15 is 0 Å². The first-order chi connectivity index (χ1) is 8.11. The first-order valence-electron chi connectivity index (χ1n) is 6.87. The minimum atomic E-state index is 0.232. The average Bonchev–Trinajstić information content (AvgIpc) is 2.38. The van der Waals surface area contributed by atoms with Crippen molar-refractivity contribution in [2.45, 2.75) is 59.3 Å². The van der Waals surface area contributed by atoms with Crippen molar-refractivity contribution in [1.82, 2.24) is 0 Å². The minimum Gasteiger partial charge on any atom is -0.494 e. The maximum Gasteiger partial charge on any atom is 0.123 e. The highest BCUT2D eigenvalue weighted by Gasteiger charge is 2.26. The van der Waals surface area contributed by atoms with Gasteiger partial charge in [0.2, 0.25) is 0 Å². The summed E-state index contributed by atoms with van der Waals surface area (Å²) in [6.45, 7) is 11.9. The number of rotatable bonds is 6. The molecule has 0 aliphatic carbocycles. The Morgan fingerprint density at radius 3 is 2.18 bits per heavy atom. The van der Waals surface area contributed by atoms with Crippen LogP contribution in [0, 0.1) is 0 Å². The third-order valence-electron chi connectivity index (χ3n) is 3.96. The molecule has 17 heavy (non-hydrogen) atoms. The highest BCUT2D eigenvalue weighted by molar-refractivity contribution is 5.42. The zero-order valence-corrected chi connectivity index (χ0v) is 12.0. The number of hydrogen-bond acceptors (Lipinski definition) is 1. The zero-order valence-electron chi connectivity index (χ0n) is 12.0. The quantitative estimate of drug-likeness (QED) is 0.691. The Morgan fingerprint density at radius 1 is 1.06 bits per heavy atom. The predicted octanol–water partition coefficient (Wildman–Crippen LogP) is 4.73. The molecule has 1 aromatic carbocycles. The van der Waals surface area contributed by atoms with Crippen LogP contribution in [0.25, 0.3) is 0 Å². The van der Waals surface area contributed by atoms with E-state index in [2.05, 4.69) is 45.9 Å². The zero-order chi connectivity index (χ0) is 12.9. The van der Waals surface area contributed by atoms with Gasteiger partial charge in [-0.2, -0.15) is 0 Å². The molecule has 0 unspecified atom stereocenters. The molecule has 0 saturated carbocycles. The molecule has 1 aromatic rings. The van der Waals surface area contributed by atoms with Gasteiger partial charge in [0.1, 0.15) is 5.75 Å². The monoisotopic (exact) mass is 234 g/mol. The lowest BCUT2D eigenvalue weighted by Crippen LogP contribution is -2.21. The first kappa shape index (κ1) is 14.1. The normalized spacial score (nSPS) is 11.6. The van der Waals surface area contributed by atoms with Gasteiger partial charge >= 0.3 is 0 Å². The third kappa shape index (κ3) is 3.02. The van der Waals surface area contributed by atoms with Gasteiger partial charge in [-0.25, -0.2) is 0 Å². The van der Waals surface area contributed by atoms with Gasteiger partial charge in [-0.05, 0) is 43.2 Å². The SMILES string of the molecule is CCOc1ccc(CC)cc1C(C)(CC)CC. The van der Waals surface area contributed by atoms with Gasteiger partial charge < -0.3 is 4.74 Å². The highest BCUT2D eigenvalue weighted by Crippen LogP contribution is 2.37. The summed E-state index contributed by atoms with van der Waals surface area (Å²) in [6, 6.07) is 6.65. The van der Waals surface area contributed by atoms with Crippen LogP contribution in [0.5, 0.6) is 5.75 Å². The predicted molar refractivity (Wildman–Crippen MR) is 74.9 cm³/mol. The molecule has 96 valence electrons. The Hall–Kier alpha value is -0.980. The van der Waals surface area contributed by atoms with E-state index in [0.29, 0.717) is 0 Å². The van der Waals surface area contributed by atoms with Crippen LogP contribution in [0.15, 0.2) is 18.2 Å². The molecule has 0 atom stereocenters. The van der Waals surface area contributed by atoms with Gasteiger partial charge in [-0.15, -0.1) is 0 Å². The number of hydrogen-bond donors (Lipinski definition) is 0. The van der Waals surface area contributed by atoms with Gasteiger partial charge in [-0.3, -0.25) is 0 Å². The Balaban J connectivity index is 3.25. The van der Waals surface area contributed by atoms with Gasteiger partial charge in [0, 0.05) is 5.56 Å². The smallest absolute Gasteiger partial charge is 0.123 e. The Morgan fingerprint density at radius 2 is 1.71 bits per heavy atom. The van der Waals surface area contributed by atoms with E-state index in [1.54, 1.807) is 0 Å². The molecule has 1 nitrogen and oxygen atoms in total. The van der Waals surface area contributed by atoms with Gasteiger partial charge in [0.05, 0.1) is 6.61 Å². The molecule has 0 aliphatic heterocycles. The topological polar surface area (TPSA) is 9.23 Å². The molecule has 0 heterocycles. The van der Waals surface area contributed by atoms with Crippen LogP contribution in [0.1, 0.15) is 58.6 Å². The summed E-state index contributed by atoms with van der Waals surface area (Å²) in [6.07, 6.45) is 3.39. The molecule has 1 heteroatoms. The minimum absolute atomic E-state index is 0.232. The van der Waals surface area contributed by atoms with E-state index in [-0.39, 0.29) is 5.41 Å². The molecule has 0 spiro atoms. The summed E-state index contributed by atoms with van der Waals surface area (Å²) in [5, 5.41) is 0. The molecule has 0 amide bonds. The second kappa shape index (κ2) is 6.09. The number of benzene rings is 1. The molecule has 0 aliphatic rings. The van der Waals surface area contributed by atoms with Crippen molar-refractivity contribution in [2.24, 2.45) is 0 Å². The van der Waals surface area contributed by atoms with Crippen LogP contribution < -0.4 is 4.74 Å². The van der Waals surface area contributed by atoms with Crippen molar-refractivity contribution in [3.63, 3.8) is 0 Å². The third-order valence-corrected chi connectivity index (χ3v) is 3.96. The average molecular weight is 234 g/mol. The largest absolute Gasteiger partial charge is 0.494 e. The van der Waals surface area contributed by atoms with E-state index in [1.807, 2.05) is 6.92 Å². The fraction of sp³-hybridized carbons (Fsp3) is 0.625. The standard InChI is InChI=1S/C16H26O/c1-6-13-10-11-15(17-9-4)14(12-13)16(5,7-2)8-3/h10-12H,6-9H2,1-5H3. The number of ether oxygens (including phenoxy) is 1. The lowest BCUT2D eigenvalue weighted by atomic mass is 9.77. The Kier molecular flexibility index (Phi) is 5.04. The second-order valence-electron chi connectivity index (χ2n) is 4.88. The van der Waals surface area contributed by atoms with Crippen molar-refractivity contribution >= 4 is 0 Å². The molecule has 0 N–H and O–H groups in total. The van der Waals surface area contributed by atoms with Gasteiger partial charge in [0.25, 0.3) is 0 Å². The molecule has 1 rings (SSSR count). The molecule has 0 saturated heterocycles. The summed E-state index contributed by atoms with van der Waals surface area (Å²) in [7, 11) is 0. The lowest BCUT2D eigenvalue weighted by molar-refractivity contribution is 0.320. The van der Waals surface area contributed by atoms with E-state index < -0.39 is 0 Å². The molecule has 0 radical (unpaired) electrons. The maximum absolute atomic E-state index is 5.79. The molecular formula is C16H26O. The van der Waals surface area contributed by atoms with E-state index in [1.165, 1.54) is 11.1 Å². The van der Waals surface area contributed by atoms with E-state index in [4.69, 9.17) is 4.74 Å². The van der Waals surface area contributed by atoms with Crippen LogP contribution in [0.3, 0.4) is 0 Å². The van der Waals surface area contributed by atoms with E-state index in [0.717, 1.165) is 31.6 Å². The van der Waals surface area contributed by atoms with Crippen molar-refractivity contribution in [1.29, 1.82) is 0 Å². The molecule has 0 bridgehead atoms. The fourth-order valence-electron chi connectivity index (χ4n) is 2.18. The Bertz CT molecular complexity index is 351. The summed E-state index contributed by atoms with van der Waals surface area (Å²) < 4.78 is 5.79. The van der Waals surface area contributed by atoms with E-state index in [9.17, 15) is 0 Å². The fourth-order valence-corrected chi connectivity index (χ4v) is 2.18. The molecule has 0 fully saturated rings. The van der Waals surface area contributed by atoms with Gasteiger partial charge in [-0.1, -0.05) is 39.8 Å². The second-order valence-corrected chi connectivity index (χ2v) is 4.88. The highest BCUT2D eigenvalue weighted by atomic mass is 16.5. The molecule has 0 aromatic heterocycles. The summed E-state index contributed by atoms with van der Waals surface area (Å²) in [5.41, 5.74) is 3.01. The van der Waals surface area contributed by atoms with Crippen LogP contribution in [0.4, 0.5) is 0 Å². The van der Waals surface area contributed by atoms with Crippen molar-refractivity contribution in [2.75, 3.05) is 6.61 Å². The lowest BCUT2D eigenvalue weighted by Gasteiger charge is -2.30. The summed E-state index contributed by atoms with van der Waals surface area (Å²) >= 11 is 0. The van der Waals surface area contributed by atoms with Crippen LogP contribution >= 0.6 is 0 Å². The Labute approximate surface area is 106 Å². The van der Waals surface area contributed by atoms with Crippen LogP contribution in [-0.2, 0) is 11.8 Å². The summed E-state index contributed by atoms with van der Waals surface area (Å²) in [5.74, 6) is 1.07. The van der Waals surface area contributed by atoms with Crippen molar-refractivity contribution in [3.8, 4) is 5.75 Å². The maximum atomic E-state index is 5.79. The van der Waals surface area contributed by atoms with Crippen LogP contribution in [-0.4, -0.2) is 6.61 Å². The van der Waals surface area contributed by atoms with Crippen LogP contribution in [0.2, 0.25) is 0 Å². The van der Waals surface area contributed by atoms with Gasteiger partial charge in [0.15, 0.2) is 0 Å². The first-order valence-corrected chi connectivity index (χ1v) is 6.87. The summed E-state index contributed by atoms with van der Waals surface area (Å²) in [4.78, 5) is 0. The number of aryl methyl sites for hydroxylation is 1. The van der Waals surface area contributed by atoms with Crippen molar-refractivity contribution < 1.29 is 4.74 Å². The van der Waals surface area contributed by atoms with Crippen molar-refractivity contribution in [3.05, 3.63) is 29.3 Å².